The Morgan fingerprint density at radius 3 is 2.74 bits per heavy atom. The van der Waals surface area contributed by atoms with E-state index in [0.29, 0.717) is 5.92 Å². The topological polar surface area (TPSA) is 69.9 Å². The Bertz CT molecular complexity index is 579. The SMILES string of the molecule is O=c1cc(-c2ccc(NCC3CCOC3)cc2)[nH][nH]1. The first-order valence-electron chi connectivity index (χ1n) is 6.51. The Morgan fingerprint density at radius 1 is 1.26 bits per heavy atom. The third-order valence-corrected chi connectivity index (χ3v) is 3.41. The maximum Gasteiger partial charge on any atom is 0.264 e. The van der Waals surface area contributed by atoms with E-state index in [1.807, 2.05) is 24.3 Å². The monoisotopic (exact) mass is 259 g/mol. The van der Waals surface area contributed by atoms with E-state index < -0.39 is 0 Å². The number of nitrogens with one attached hydrogen (secondary N) is 3. The average Bonchev–Trinajstić information content (AvgIpc) is 3.08. The van der Waals surface area contributed by atoms with Crippen LogP contribution in [0.4, 0.5) is 5.69 Å². The van der Waals surface area contributed by atoms with Gasteiger partial charge in [-0.15, -0.1) is 0 Å². The second-order valence-electron chi connectivity index (χ2n) is 4.86. The zero-order valence-electron chi connectivity index (χ0n) is 10.6. The van der Waals surface area contributed by atoms with E-state index in [2.05, 4.69) is 15.5 Å². The molecule has 1 aliphatic heterocycles. The van der Waals surface area contributed by atoms with Crippen LogP contribution in [0.25, 0.3) is 11.3 Å². The summed E-state index contributed by atoms with van der Waals surface area (Å²) in [6.07, 6.45) is 1.13. The molecule has 0 radical (unpaired) electrons. The van der Waals surface area contributed by atoms with Crippen molar-refractivity contribution in [1.82, 2.24) is 10.2 Å². The molecule has 3 rings (SSSR count). The van der Waals surface area contributed by atoms with E-state index in [1.165, 1.54) is 0 Å². The number of aromatic amines is 2. The number of ether oxygens (including phenoxy) is 1. The van der Waals surface area contributed by atoms with E-state index in [0.717, 1.165) is 43.1 Å². The molecule has 0 amide bonds. The van der Waals surface area contributed by atoms with Crippen molar-refractivity contribution in [2.75, 3.05) is 25.1 Å². The van der Waals surface area contributed by atoms with E-state index in [-0.39, 0.29) is 5.56 Å². The van der Waals surface area contributed by atoms with Crippen LogP contribution in [0, 0.1) is 5.92 Å². The molecule has 100 valence electrons. The molecule has 19 heavy (non-hydrogen) atoms. The van der Waals surface area contributed by atoms with Crippen LogP contribution in [0.2, 0.25) is 0 Å². The number of rotatable bonds is 4. The van der Waals surface area contributed by atoms with Gasteiger partial charge in [-0.3, -0.25) is 15.0 Å². The van der Waals surface area contributed by atoms with Crippen molar-refractivity contribution < 1.29 is 4.74 Å². The Kier molecular flexibility index (Phi) is 3.37. The van der Waals surface area contributed by atoms with Crippen molar-refractivity contribution in [2.24, 2.45) is 5.92 Å². The molecular formula is C14H17N3O2. The van der Waals surface area contributed by atoms with Gasteiger partial charge in [-0.25, -0.2) is 0 Å². The summed E-state index contributed by atoms with van der Waals surface area (Å²) >= 11 is 0. The average molecular weight is 259 g/mol. The third kappa shape index (κ3) is 2.88. The van der Waals surface area contributed by atoms with Gasteiger partial charge in [-0.2, -0.15) is 0 Å². The molecule has 3 N–H and O–H groups in total. The standard InChI is InChI=1S/C14H17N3O2/c18-14-7-13(16-17-14)11-1-3-12(4-2-11)15-8-10-5-6-19-9-10/h1-4,7,10,15H,5-6,8-9H2,(H2,16,17,18). The van der Waals surface area contributed by atoms with E-state index in [1.54, 1.807) is 6.07 Å². The summed E-state index contributed by atoms with van der Waals surface area (Å²) in [7, 11) is 0. The molecule has 1 atom stereocenters. The fraction of sp³-hybridized carbons (Fsp3) is 0.357. The highest BCUT2D eigenvalue weighted by Gasteiger charge is 2.14. The van der Waals surface area contributed by atoms with Crippen LogP contribution in [0.5, 0.6) is 0 Å². The molecule has 0 bridgehead atoms. The van der Waals surface area contributed by atoms with Crippen LogP contribution >= 0.6 is 0 Å². The largest absolute Gasteiger partial charge is 0.385 e. The summed E-state index contributed by atoms with van der Waals surface area (Å²) in [6.45, 7) is 2.68. The van der Waals surface area contributed by atoms with Gasteiger partial charge >= 0.3 is 0 Å². The van der Waals surface area contributed by atoms with Crippen LogP contribution in [-0.4, -0.2) is 30.0 Å². The molecule has 0 spiro atoms. The van der Waals surface area contributed by atoms with Gasteiger partial charge in [0.05, 0.1) is 12.3 Å². The van der Waals surface area contributed by atoms with Crippen molar-refractivity contribution >= 4 is 5.69 Å². The van der Waals surface area contributed by atoms with Crippen molar-refractivity contribution in [3.05, 3.63) is 40.7 Å². The maximum absolute atomic E-state index is 11.1. The molecule has 2 aromatic rings. The lowest BCUT2D eigenvalue weighted by Gasteiger charge is -2.10. The summed E-state index contributed by atoms with van der Waals surface area (Å²) < 4.78 is 5.35. The van der Waals surface area contributed by atoms with Gasteiger partial charge in [-0.1, -0.05) is 12.1 Å². The number of hydrogen-bond acceptors (Lipinski definition) is 3. The minimum absolute atomic E-state index is 0.113. The molecule has 5 nitrogen and oxygen atoms in total. The van der Waals surface area contributed by atoms with Crippen LogP contribution in [0.3, 0.4) is 0 Å². The van der Waals surface area contributed by atoms with Gasteiger partial charge in [-0.05, 0) is 24.1 Å². The van der Waals surface area contributed by atoms with Crippen LogP contribution < -0.4 is 10.9 Å². The van der Waals surface area contributed by atoms with Gasteiger partial charge in [0.1, 0.15) is 0 Å². The molecule has 1 unspecified atom stereocenters. The van der Waals surface area contributed by atoms with Crippen molar-refractivity contribution in [3.63, 3.8) is 0 Å². The van der Waals surface area contributed by atoms with E-state index >= 15 is 0 Å². The predicted octanol–water partition coefficient (Wildman–Crippen LogP) is 1.82. The summed E-state index contributed by atoms with van der Waals surface area (Å²) in [4.78, 5) is 11.1. The highest BCUT2D eigenvalue weighted by molar-refractivity contribution is 5.62. The maximum atomic E-state index is 11.1. The molecule has 1 saturated heterocycles. The number of benzene rings is 1. The number of anilines is 1. The van der Waals surface area contributed by atoms with E-state index in [4.69, 9.17) is 4.74 Å². The quantitative estimate of drug-likeness (QED) is 0.784. The highest BCUT2D eigenvalue weighted by atomic mass is 16.5. The molecule has 0 aliphatic carbocycles. The molecule has 1 aliphatic rings. The normalized spacial score (nSPS) is 18.6. The van der Waals surface area contributed by atoms with Crippen molar-refractivity contribution in [3.8, 4) is 11.3 Å². The number of aromatic nitrogens is 2. The van der Waals surface area contributed by atoms with Crippen LogP contribution in [-0.2, 0) is 4.74 Å². The first-order chi connectivity index (χ1) is 9.31. The second-order valence-corrected chi connectivity index (χ2v) is 4.86. The van der Waals surface area contributed by atoms with Gasteiger partial charge in [0.2, 0.25) is 0 Å². The Labute approximate surface area is 111 Å². The molecule has 1 aromatic carbocycles. The summed E-state index contributed by atoms with van der Waals surface area (Å²) in [5.41, 5.74) is 2.78. The highest BCUT2D eigenvalue weighted by Crippen LogP contribution is 2.19. The first-order valence-corrected chi connectivity index (χ1v) is 6.51. The molecule has 5 heteroatoms. The minimum atomic E-state index is -0.113. The molecule has 1 fully saturated rings. The Hall–Kier alpha value is -2.01. The molecule has 2 heterocycles. The van der Waals surface area contributed by atoms with Gasteiger partial charge in [0, 0.05) is 30.8 Å². The van der Waals surface area contributed by atoms with Gasteiger partial charge < -0.3 is 10.1 Å². The fourth-order valence-corrected chi connectivity index (χ4v) is 2.26. The second kappa shape index (κ2) is 5.32. The summed E-state index contributed by atoms with van der Waals surface area (Å²) in [5, 5.41) is 8.79. The number of hydrogen-bond donors (Lipinski definition) is 3. The molecular weight excluding hydrogens is 242 g/mol. The lowest BCUT2D eigenvalue weighted by atomic mass is 10.1. The van der Waals surface area contributed by atoms with Crippen LogP contribution in [0.1, 0.15) is 6.42 Å². The fourth-order valence-electron chi connectivity index (χ4n) is 2.26. The zero-order valence-corrected chi connectivity index (χ0v) is 10.6. The number of H-pyrrole nitrogens is 2. The van der Waals surface area contributed by atoms with Crippen LogP contribution in [0.15, 0.2) is 35.1 Å². The summed E-state index contributed by atoms with van der Waals surface area (Å²) in [5.74, 6) is 0.612. The van der Waals surface area contributed by atoms with Gasteiger partial charge in [0.15, 0.2) is 0 Å². The third-order valence-electron chi connectivity index (χ3n) is 3.41. The molecule has 0 saturated carbocycles. The summed E-state index contributed by atoms with van der Waals surface area (Å²) in [6, 6.07) is 9.59. The first kappa shape index (κ1) is 12.0. The van der Waals surface area contributed by atoms with Crippen molar-refractivity contribution in [2.45, 2.75) is 6.42 Å². The lowest BCUT2D eigenvalue weighted by molar-refractivity contribution is 0.187. The smallest absolute Gasteiger partial charge is 0.264 e. The van der Waals surface area contributed by atoms with Crippen molar-refractivity contribution in [1.29, 1.82) is 0 Å². The minimum Gasteiger partial charge on any atom is -0.385 e. The van der Waals surface area contributed by atoms with E-state index in [9.17, 15) is 4.79 Å². The lowest BCUT2D eigenvalue weighted by Crippen LogP contribution is -2.13. The molecule has 1 aromatic heterocycles. The predicted molar refractivity (Wildman–Crippen MR) is 74.3 cm³/mol. The Morgan fingerprint density at radius 2 is 2.11 bits per heavy atom. The Balaban J connectivity index is 1.63. The van der Waals surface area contributed by atoms with Gasteiger partial charge in [0.25, 0.3) is 5.56 Å². The zero-order chi connectivity index (χ0) is 13.1.